The van der Waals surface area contributed by atoms with Crippen molar-refractivity contribution in [3.8, 4) is 0 Å². The molecular formula is C8H9BrN2O3S. The van der Waals surface area contributed by atoms with Crippen molar-refractivity contribution in [1.82, 2.24) is 4.98 Å². The van der Waals surface area contributed by atoms with Crippen LogP contribution in [0.2, 0.25) is 0 Å². The predicted octanol–water partition coefficient (Wildman–Crippen LogP) is 2.10. The van der Waals surface area contributed by atoms with Gasteiger partial charge >= 0.3 is 5.97 Å². The molecule has 0 aliphatic heterocycles. The molecule has 5 nitrogen and oxygen atoms in total. The number of carboxylic acid groups (broad SMARTS) is 1. The number of halogens is 1. The van der Waals surface area contributed by atoms with E-state index in [0.717, 1.165) is 3.79 Å². The Morgan fingerprint density at radius 3 is 2.80 bits per heavy atom. The minimum atomic E-state index is -0.889. The lowest BCUT2D eigenvalue weighted by atomic mass is 10.2. The fraction of sp³-hybridized carbons (Fsp3) is 0.375. The zero-order chi connectivity index (χ0) is 11.3. The van der Waals surface area contributed by atoms with Gasteiger partial charge < -0.3 is 10.4 Å². The zero-order valence-corrected chi connectivity index (χ0v) is 10.1. The summed E-state index contributed by atoms with van der Waals surface area (Å²) in [6.07, 6.45) is 2.14. The third-order valence-electron chi connectivity index (χ3n) is 1.52. The Balaban J connectivity index is 2.27. The smallest absolute Gasteiger partial charge is 0.303 e. The van der Waals surface area contributed by atoms with Gasteiger partial charge in [-0.05, 0) is 22.4 Å². The van der Waals surface area contributed by atoms with E-state index in [0.29, 0.717) is 11.6 Å². The largest absolute Gasteiger partial charge is 0.481 e. The van der Waals surface area contributed by atoms with Gasteiger partial charge in [0.25, 0.3) is 0 Å². The number of nitrogens with zero attached hydrogens (tertiary/aromatic N) is 1. The lowest BCUT2D eigenvalue weighted by Gasteiger charge is -1.99. The highest BCUT2D eigenvalue weighted by molar-refractivity contribution is 9.11. The van der Waals surface area contributed by atoms with Gasteiger partial charge in [0.2, 0.25) is 5.91 Å². The molecule has 0 radical (unpaired) electrons. The molecule has 0 bridgehead atoms. The molecule has 0 aliphatic rings. The molecule has 2 N–H and O–H groups in total. The molecule has 0 saturated carbocycles. The number of anilines is 1. The third kappa shape index (κ3) is 4.89. The number of amides is 1. The maximum atomic E-state index is 11.3. The first kappa shape index (κ1) is 12.1. The molecule has 1 aromatic heterocycles. The van der Waals surface area contributed by atoms with Gasteiger partial charge in [0, 0.05) is 12.8 Å². The predicted molar refractivity (Wildman–Crippen MR) is 59.9 cm³/mol. The number of carboxylic acids is 1. The van der Waals surface area contributed by atoms with Crippen molar-refractivity contribution < 1.29 is 14.7 Å². The van der Waals surface area contributed by atoms with E-state index in [1.165, 1.54) is 11.3 Å². The number of carbonyl (C=O) groups excluding carboxylic acids is 1. The van der Waals surface area contributed by atoms with Crippen LogP contribution in [-0.4, -0.2) is 22.0 Å². The van der Waals surface area contributed by atoms with Gasteiger partial charge in [-0.15, -0.1) is 0 Å². The van der Waals surface area contributed by atoms with Crippen molar-refractivity contribution in [2.75, 3.05) is 5.32 Å². The average molecular weight is 293 g/mol. The standard InChI is InChI=1S/C8H9BrN2O3S/c9-5-4-10-8(15-5)11-6(12)2-1-3-7(13)14/h4H,1-3H2,(H,13,14)(H,10,11,12). The maximum Gasteiger partial charge on any atom is 0.303 e. The van der Waals surface area contributed by atoms with Crippen LogP contribution >= 0.6 is 27.3 Å². The van der Waals surface area contributed by atoms with Crippen LogP contribution in [0, 0.1) is 0 Å². The fourth-order valence-electron chi connectivity index (χ4n) is 0.894. The van der Waals surface area contributed by atoms with E-state index in [4.69, 9.17) is 5.11 Å². The van der Waals surface area contributed by atoms with Gasteiger partial charge in [0.1, 0.15) is 0 Å². The van der Waals surface area contributed by atoms with Crippen molar-refractivity contribution >= 4 is 44.3 Å². The topological polar surface area (TPSA) is 79.3 Å². The van der Waals surface area contributed by atoms with E-state index in [1.807, 2.05) is 0 Å². The average Bonchev–Trinajstić information content (AvgIpc) is 2.50. The molecule has 15 heavy (non-hydrogen) atoms. The van der Waals surface area contributed by atoms with Crippen LogP contribution in [0.1, 0.15) is 19.3 Å². The molecule has 1 rings (SSSR count). The molecule has 0 fully saturated rings. The van der Waals surface area contributed by atoms with Crippen molar-refractivity contribution in [2.45, 2.75) is 19.3 Å². The van der Waals surface area contributed by atoms with Crippen LogP contribution in [0.4, 0.5) is 5.13 Å². The Morgan fingerprint density at radius 1 is 1.53 bits per heavy atom. The Hall–Kier alpha value is -0.950. The summed E-state index contributed by atoms with van der Waals surface area (Å²) in [5.41, 5.74) is 0. The normalized spacial score (nSPS) is 9.93. The van der Waals surface area contributed by atoms with Crippen molar-refractivity contribution in [3.63, 3.8) is 0 Å². The molecule has 0 saturated heterocycles. The molecule has 1 aromatic rings. The van der Waals surface area contributed by atoms with Crippen LogP contribution in [0.25, 0.3) is 0 Å². The fourth-order valence-corrected chi connectivity index (χ4v) is 2.02. The van der Waals surface area contributed by atoms with Crippen molar-refractivity contribution in [3.05, 3.63) is 9.98 Å². The first-order chi connectivity index (χ1) is 7.08. The number of aromatic nitrogens is 1. The van der Waals surface area contributed by atoms with E-state index >= 15 is 0 Å². The SMILES string of the molecule is O=C(O)CCCC(=O)Nc1ncc(Br)s1. The summed E-state index contributed by atoms with van der Waals surface area (Å²) in [6.45, 7) is 0. The Labute approximate surface area is 98.7 Å². The Morgan fingerprint density at radius 2 is 2.27 bits per heavy atom. The van der Waals surface area contributed by atoms with E-state index in [9.17, 15) is 9.59 Å². The highest BCUT2D eigenvalue weighted by atomic mass is 79.9. The van der Waals surface area contributed by atoms with Crippen molar-refractivity contribution in [1.29, 1.82) is 0 Å². The van der Waals surface area contributed by atoms with Crippen LogP contribution in [-0.2, 0) is 9.59 Å². The Bertz CT molecular complexity index is 367. The van der Waals surface area contributed by atoms with E-state index in [-0.39, 0.29) is 18.7 Å². The number of rotatable bonds is 5. The lowest BCUT2D eigenvalue weighted by Crippen LogP contribution is -2.11. The second-order valence-corrected chi connectivity index (χ2v) is 5.17. The van der Waals surface area contributed by atoms with Crippen LogP contribution in [0.15, 0.2) is 9.98 Å². The number of aliphatic carboxylic acids is 1. The minimum Gasteiger partial charge on any atom is -0.481 e. The molecule has 0 spiro atoms. The van der Waals surface area contributed by atoms with Gasteiger partial charge in [-0.2, -0.15) is 0 Å². The molecule has 1 amide bonds. The molecule has 0 aliphatic carbocycles. The number of nitrogens with one attached hydrogen (secondary N) is 1. The van der Waals surface area contributed by atoms with Gasteiger partial charge in [-0.3, -0.25) is 9.59 Å². The van der Waals surface area contributed by atoms with E-state index in [1.54, 1.807) is 6.20 Å². The zero-order valence-electron chi connectivity index (χ0n) is 7.70. The maximum absolute atomic E-state index is 11.3. The van der Waals surface area contributed by atoms with Gasteiger partial charge in [-0.1, -0.05) is 11.3 Å². The summed E-state index contributed by atoms with van der Waals surface area (Å²) in [5, 5.41) is 11.5. The van der Waals surface area contributed by atoms with Crippen LogP contribution in [0.3, 0.4) is 0 Å². The highest BCUT2D eigenvalue weighted by Gasteiger charge is 2.06. The summed E-state index contributed by atoms with van der Waals surface area (Å²) < 4.78 is 0.836. The van der Waals surface area contributed by atoms with Crippen LogP contribution in [0.5, 0.6) is 0 Å². The number of hydrogen-bond donors (Lipinski definition) is 2. The van der Waals surface area contributed by atoms with Gasteiger partial charge in [0.05, 0.1) is 9.98 Å². The molecular weight excluding hydrogens is 284 g/mol. The highest BCUT2D eigenvalue weighted by Crippen LogP contribution is 2.23. The summed E-state index contributed by atoms with van der Waals surface area (Å²) >= 11 is 4.53. The summed E-state index contributed by atoms with van der Waals surface area (Å²) in [6, 6.07) is 0. The first-order valence-electron chi connectivity index (χ1n) is 4.21. The van der Waals surface area contributed by atoms with Crippen molar-refractivity contribution in [2.24, 2.45) is 0 Å². The number of thiazole rings is 1. The Kier molecular flexibility index (Phi) is 4.70. The lowest BCUT2D eigenvalue weighted by molar-refractivity contribution is -0.137. The summed E-state index contributed by atoms with van der Waals surface area (Å²) in [5.74, 6) is -1.10. The van der Waals surface area contributed by atoms with E-state index < -0.39 is 5.97 Å². The van der Waals surface area contributed by atoms with Crippen LogP contribution < -0.4 is 5.32 Å². The quantitative estimate of drug-likeness (QED) is 0.871. The third-order valence-corrected chi connectivity index (χ3v) is 2.91. The molecule has 82 valence electrons. The second-order valence-electron chi connectivity index (χ2n) is 2.76. The van der Waals surface area contributed by atoms with Gasteiger partial charge in [-0.25, -0.2) is 4.98 Å². The molecule has 0 unspecified atom stereocenters. The first-order valence-corrected chi connectivity index (χ1v) is 5.82. The summed E-state index contributed by atoms with van der Waals surface area (Å²) in [7, 11) is 0. The van der Waals surface area contributed by atoms with E-state index in [2.05, 4.69) is 26.2 Å². The molecule has 7 heteroatoms. The summed E-state index contributed by atoms with van der Waals surface area (Å²) in [4.78, 5) is 25.4. The second kappa shape index (κ2) is 5.82. The number of carbonyl (C=O) groups is 2. The number of hydrogen-bond acceptors (Lipinski definition) is 4. The molecule has 0 atom stereocenters. The monoisotopic (exact) mass is 292 g/mol. The molecule has 0 aromatic carbocycles. The molecule has 1 heterocycles. The van der Waals surface area contributed by atoms with Gasteiger partial charge in [0.15, 0.2) is 5.13 Å². The minimum absolute atomic E-state index is 0.00891.